The van der Waals surface area contributed by atoms with Crippen LogP contribution in [0.15, 0.2) is 30.3 Å². The summed E-state index contributed by atoms with van der Waals surface area (Å²) in [6.45, 7) is 0. The highest BCUT2D eigenvalue weighted by Gasteiger charge is 2.13. The maximum absolute atomic E-state index is 11.2. The van der Waals surface area contributed by atoms with Crippen LogP contribution in [0.3, 0.4) is 0 Å². The Balaban J connectivity index is 2.45. The molecule has 2 aromatic rings. The zero-order chi connectivity index (χ0) is 14.9. The predicted molar refractivity (Wildman–Crippen MR) is 83.2 cm³/mol. The van der Waals surface area contributed by atoms with E-state index in [0.29, 0.717) is 31.5 Å². The Morgan fingerprint density at radius 3 is 2.20 bits per heavy atom. The summed E-state index contributed by atoms with van der Waals surface area (Å²) in [6.07, 6.45) is 0. The van der Waals surface area contributed by atoms with Crippen LogP contribution in [0.2, 0.25) is 20.1 Å². The minimum Gasteiger partial charge on any atom is -0.478 e. The maximum Gasteiger partial charge on any atom is 0.337 e. The highest BCUT2D eigenvalue weighted by atomic mass is 35.5. The van der Waals surface area contributed by atoms with Crippen LogP contribution in [-0.2, 0) is 0 Å². The lowest BCUT2D eigenvalue weighted by atomic mass is 10.1. The van der Waals surface area contributed by atoms with Crippen molar-refractivity contribution < 1.29 is 9.90 Å². The molecule has 0 saturated carbocycles. The van der Waals surface area contributed by atoms with Gasteiger partial charge in [0.05, 0.1) is 32.0 Å². The summed E-state index contributed by atoms with van der Waals surface area (Å²) in [4.78, 5) is 11.2. The van der Waals surface area contributed by atoms with E-state index in [1.165, 1.54) is 18.2 Å². The Labute approximate surface area is 135 Å². The lowest BCUT2D eigenvalue weighted by Gasteiger charge is -2.12. The maximum atomic E-state index is 11.2. The molecule has 0 amide bonds. The van der Waals surface area contributed by atoms with Crippen LogP contribution in [0.5, 0.6) is 0 Å². The molecule has 0 fully saturated rings. The van der Waals surface area contributed by atoms with Gasteiger partial charge in [-0.3, -0.25) is 0 Å². The molecule has 0 aliphatic carbocycles. The van der Waals surface area contributed by atoms with E-state index in [9.17, 15) is 4.79 Å². The van der Waals surface area contributed by atoms with Crippen LogP contribution in [0.4, 0.5) is 11.4 Å². The fourth-order valence-corrected chi connectivity index (χ4v) is 2.33. The van der Waals surface area contributed by atoms with Crippen LogP contribution in [0.25, 0.3) is 0 Å². The molecule has 7 heteroatoms. The second-order valence-electron chi connectivity index (χ2n) is 3.87. The van der Waals surface area contributed by atoms with Crippen molar-refractivity contribution in [2.45, 2.75) is 0 Å². The van der Waals surface area contributed by atoms with Crippen LogP contribution in [0, 0.1) is 0 Å². The average molecular weight is 351 g/mol. The van der Waals surface area contributed by atoms with E-state index in [1.54, 1.807) is 12.1 Å². The summed E-state index contributed by atoms with van der Waals surface area (Å²) in [6, 6.07) is 7.46. The minimum atomic E-state index is -1.11. The largest absolute Gasteiger partial charge is 0.478 e. The van der Waals surface area contributed by atoms with Gasteiger partial charge in [0.1, 0.15) is 0 Å². The van der Waals surface area contributed by atoms with Crippen LogP contribution in [0.1, 0.15) is 10.4 Å². The van der Waals surface area contributed by atoms with Crippen molar-refractivity contribution in [2.24, 2.45) is 0 Å². The van der Waals surface area contributed by atoms with E-state index in [2.05, 4.69) is 5.32 Å². The molecule has 3 nitrogen and oxygen atoms in total. The van der Waals surface area contributed by atoms with Gasteiger partial charge in [0.2, 0.25) is 0 Å². The third-order valence-electron chi connectivity index (χ3n) is 2.49. The quantitative estimate of drug-likeness (QED) is 0.693. The summed E-state index contributed by atoms with van der Waals surface area (Å²) < 4.78 is 0. The summed E-state index contributed by atoms with van der Waals surface area (Å²) >= 11 is 23.6. The van der Waals surface area contributed by atoms with E-state index in [1.807, 2.05) is 0 Å². The smallest absolute Gasteiger partial charge is 0.337 e. The van der Waals surface area contributed by atoms with Gasteiger partial charge in [0.25, 0.3) is 0 Å². The summed E-state index contributed by atoms with van der Waals surface area (Å²) in [5.74, 6) is -1.11. The van der Waals surface area contributed by atoms with Crippen molar-refractivity contribution in [2.75, 3.05) is 5.32 Å². The Morgan fingerprint density at radius 2 is 1.55 bits per heavy atom. The van der Waals surface area contributed by atoms with Crippen molar-refractivity contribution in [3.63, 3.8) is 0 Å². The Morgan fingerprint density at radius 1 is 0.900 bits per heavy atom. The lowest BCUT2D eigenvalue weighted by molar-refractivity contribution is 0.0698. The number of carboxylic acids is 1. The van der Waals surface area contributed by atoms with Gasteiger partial charge in [-0.1, -0.05) is 46.4 Å². The minimum absolute atomic E-state index is 0.0274. The first-order chi connectivity index (χ1) is 9.38. The van der Waals surface area contributed by atoms with E-state index in [-0.39, 0.29) is 5.56 Å². The van der Waals surface area contributed by atoms with Gasteiger partial charge in [-0.15, -0.1) is 0 Å². The topological polar surface area (TPSA) is 49.3 Å². The molecule has 0 atom stereocenters. The first kappa shape index (κ1) is 15.3. The zero-order valence-electron chi connectivity index (χ0n) is 9.75. The van der Waals surface area contributed by atoms with E-state index in [0.717, 1.165) is 0 Å². The van der Waals surface area contributed by atoms with Crippen molar-refractivity contribution in [3.05, 3.63) is 56.0 Å². The van der Waals surface area contributed by atoms with Gasteiger partial charge in [-0.25, -0.2) is 4.79 Å². The Hall–Kier alpha value is -1.13. The van der Waals surface area contributed by atoms with Crippen molar-refractivity contribution in [1.29, 1.82) is 0 Å². The van der Waals surface area contributed by atoms with Gasteiger partial charge in [-0.05, 0) is 30.3 Å². The standard InChI is InChI=1S/C13H7Cl4NO2/c14-6-1-2-11(7(3-6)13(19)20)18-12-5-9(16)8(15)4-10(12)17/h1-5,18H,(H,19,20). The van der Waals surface area contributed by atoms with Gasteiger partial charge < -0.3 is 10.4 Å². The monoisotopic (exact) mass is 349 g/mol. The molecule has 2 rings (SSSR count). The molecule has 0 spiro atoms. The molecule has 0 aromatic heterocycles. The third-order valence-corrected chi connectivity index (χ3v) is 3.76. The van der Waals surface area contributed by atoms with Crippen LogP contribution < -0.4 is 5.32 Å². The number of benzene rings is 2. The van der Waals surface area contributed by atoms with Gasteiger partial charge in [-0.2, -0.15) is 0 Å². The molecule has 0 aliphatic rings. The second-order valence-corrected chi connectivity index (χ2v) is 5.52. The van der Waals surface area contributed by atoms with E-state index in [4.69, 9.17) is 51.5 Å². The highest BCUT2D eigenvalue weighted by Crippen LogP contribution is 2.35. The number of nitrogens with one attached hydrogen (secondary N) is 1. The van der Waals surface area contributed by atoms with Crippen molar-refractivity contribution in [1.82, 2.24) is 0 Å². The number of aromatic carboxylic acids is 1. The molecular weight excluding hydrogens is 344 g/mol. The van der Waals surface area contributed by atoms with Crippen molar-refractivity contribution >= 4 is 63.7 Å². The zero-order valence-corrected chi connectivity index (χ0v) is 12.8. The molecule has 104 valence electrons. The summed E-state index contributed by atoms with van der Waals surface area (Å²) in [7, 11) is 0. The molecule has 0 aliphatic heterocycles. The summed E-state index contributed by atoms with van der Waals surface area (Å²) in [5.41, 5.74) is 0.827. The molecular formula is C13H7Cl4NO2. The highest BCUT2D eigenvalue weighted by molar-refractivity contribution is 6.44. The average Bonchev–Trinajstić information content (AvgIpc) is 2.37. The number of carboxylic acid groups (broad SMARTS) is 1. The van der Waals surface area contributed by atoms with Gasteiger partial charge in [0, 0.05) is 5.02 Å². The van der Waals surface area contributed by atoms with Gasteiger partial charge >= 0.3 is 5.97 Å². The normalized spacial score (nSPS) is 10.4. The second kappa shape index (κ2) is 6.10. The number of rotatable bonds is 3. The molecule has 0 bridgehead atoms. The molecule has 0 unspecified atom stereocenters. The number of hydrogen-bond donors (Lipinski definition) is 2. The third kappa shape index (κ3) is 3.30. The van der Waals surface area contributed by atoms with E-state index < -0.39 is 5.97 Å². The molecule has 0 heterocycles. The Kier molecular flexibility index (Phi) is 4.66. The SMILES string of the molecule is O=C(O)c1cc(Cl)ccc1Nc1cc(Cl)c(Cl)cc1Cl. The van der Waals surface area contributed by atoms with Crippen LogP contribution in [-0.4, -0.2) is 11.1 Å². The molecule has 0 saturated heterocycles. The first-order valence-corrected chi connectivity index (χ1v) is 6.84. The molecule has 2 aromatic carbocycles. The lowest BCUT2D eigenvalue weighted by Crippen LogP contribution is -2.03. The van der Waals surface area contributed by atoms with Crippen molar-refractivity contribution in [3.8, 4) is 0 Å². The van der Waals surface area contributed by atoms with Gasteiger partial charge in [0.15, 0.2) is 0 Å². The predicted octanol–water partition coefficient (Wildman–Crippen LogP) is 5.74. The fourth-order valence-electron chi connectivity index (χ4n) is 1.57. The Bertz CT molecular complexity index is 688. The van der Waals surface area contributed by atoms with E-state index >= 15 is 0 Å². The number of anilines is 2. The fraction of sp³-hybridized carbons (Fsp3) is 0. The van der Waals surface area contributed by atoms with Crippen LogP contribution >= 0.6 is 46.4 Å². The number of hydrogen-bond acceptors (Lipinski definition) is 2. The number of carbonyl (C=O) groups is 1. The first-order valence-electron chi connectivity index (χ1n) is 5.33. The molecule has 20 heavy (non-hydrogen) atoms. The number of halogens is 4. The molecule has 2 N–H and O–H groups in total. The molecule has 0 radical (unpaired) electrons. The summed E-state index contributed by atoms with van der Waals surface area (Å²) in [5, 5.41) is 13.3.